The Labute approximate surface area is 184 Å². The summed E-state index contributed by atoms with van der Waals surface area (Å²) in [7, 11) is 1.64. The molecule has 1 heterocycles. The molecule has 0 aromatic rings. The Balaban J connectivity index is 1.08. The third-order valence-electron chi connectivity index (χ3n) is 5.60. The van der Waals surface area contributed by atoms with Crippen LogP contribution in [0.1, 0.15) is 12.8 Å². The molecule has 178 valence electrons. The van der Waals surface area contributed by atoms with E-state index < -0.39 is 0 Å². The zero-order chi connectivity index (χ0) is 21.7. The van der Waals surface area contributed by atoms with Crippen LogP contribution in [0.5, 0.6) is 0 Å². The molecule has 2 bridgehead atoms. The highest BCUT2D eigenvalue weighted by atomic mass is 16.7. The summed E-state index contributed by atoms with van der Waals surface area (Å²) in [4.78, 5) is 12.1. The maximum absolute atomic E-state index is 12.1. The van der Waals surface area contributed by atoms with Gasteiger partial charge in [-0.25, -0.2) is 0 Å². The number of esters is 1. The molecule has 0 aromatic heterocycles. The van der Waals surface area contributed by atoms with E-state index in [1.807, 2.05) is 0 Å². The molecule has 9 nitrogen and oxygen atoms in total. The quantitative estimate of drug-likeness (QED) is 0.186. The van der Waals surface area contributed by atoms with Crippen LogP contribution >= 0.6 is 0 Å². The van der Waals surface area contributed by atoms with E-state index in [-0.39, 0.29) is 30.9 Å². The van der Waals surface area contributed by atoms with Crippen LogP contribution in [-0.2, 0) is 42.7 Å². The van der Waals surface area contributed by atoms with Crippen molar-refractivity contribution in [2.45, 2.75) is 25.2 Å². The van der Waals surface area contributed by atoms with Gasteiger partial charge in [0.1, 0.15) is 12.7 Å². The lowest BCUT2D eigenvalue weighted by atomic mass is 9.94. The summed E-state index contributed by atoms with van der Waals surface area (Å²) < 4.78 is 43.3. The number of carbonyl (C=O) groups excluding carboxylic acids is 1. The largest absolute Gasteiger partial charge is 0.463 e. The molecule has 1 aliphatic heterocycles. The Hall–Kier alpha value is -1.07. The summed E-state index contributed by atoms with van der Waals surface area (Å²) in [6.45, 7) is 4.98. The second kappa shape index (κ2) is 14.2. The molecule has 3 unspecified atom stereocenters. The second-order valence-corrected chi connectivity index (χ2v) is 7.94. The minimum atomic E-state index is -0.371. The van der Waals surface area contributed by atoms with E-state index in [4.69, 9.17) is 37.9 Å². The fraction of sp³-hybridized carbons (Fsp3) is 0.864. The Morgan fingerprint density at radius 3 is 2.29 bits per heavy atom. The van der Waals surface area contributed by atoms with E-state index in [1.165, 1.54) is 0 Å². The van der Waals surface area contributed by atoms with Crippen LogP contribution in [0.15, 0.2) is 12.2 Å². The highest BCUT2D eigenvalue weighted by molar-refractivity contribution is 5.74. The monoisotopic (exact) mass is 444 g/mol. The molecular weight excluding hydrogens is 408 g/mol. The van der Waals surface area contributed by atoms with Crippen LogP contribution < -0.4 is 0 Å². The van der Waals surface area contributed by atoms with Crippen molar-refractivity contribution in [1.29, 1.82) is 0 Å². The lowest BCUT2D eigenvalue weighted by Gasteiger charge is -2.16. The SMILES string of the molecule is COCCOCCOCC1OCC(COCCOCCOC(=O)C2C[C@@H]3C=C[C@H]2C3)O1. The van der Waals surface area contributed by atoms with Gasteiger partial charge in [-0.15, -0.1) is 0 Å². The summed E-state index contributed by atoms with van der Waals surface area (Å²) in [5, 5.41) is 0. The first-order chi connectivity index (χ1) is 15.3. The number of ether oxygens (including phenoxy) is 8. The first-order valence-electron chi connectivity index (χ1n) is 11.2. The van der Waals surface area contributed by atoms with Crippen molar-refractivity contribution in [3.8, 4) is 0 Å². The first kappa shape index (κ1) is 24.6. The highest BCUT2D eigenvalue weighted by Crippen LogP contribution is 2.43. The second-order valence-electron chi connectivity index (χ2n) is 7.94. The van der Waals surface area contributed by atoms with Crippen molar-refractivity contribution >= 4 is 5.97 Å². The summed E-state index contributed by atoms with van der Waals surface area (Å²) in [6, 6.07) is 0. The van der Waals surface area contributed by atoms with E-state index in [0.717, 1.165) is 12.8 Å². The van der Waals surface area contributed by atoms with Crippen LogP contribution in [0.4, 0.5) is 0 Å². The number of hydrogen-bond donors (Lipinski definition) is 0. The predicted molar refractivity (Wildman–Crippen MR) is 110 cm³/mol. The van der Waals surface area contributed by atoms with Crippen molar-refractivity contribution in [2.24, 2.45) is 17.8 Å². The van der Waals surface area contributed by atoms with Crippen LogP contribution in [0.3, 0.4) is 0 Å². The molecule has 5 atom stereocenters. The number of rotatable bonds is 17. The molecule has 3 rings (SSSR count). The lowest BCUT2D eigenvalue weighted by molar-refractivity contribution is -0.151. The van der Waals surface area contributed by atoms with E-state index in [9.17, 15) is 4.79 Å². The lowest BCUT2D eigenvalue weighted by Crippen LogP contribution is -2.24. The Bertz CT molecular complexity index is 541. The molecule has 1 saturated carbocycles. The Morgan fingerprint density at radius 1 is 0.871 bits per heavy atom. The Kier molecular flexibility index (Phi) is 11.2. The van der Waals surface area contributed by atoms with Crippen molar-refractivity contribution in [2.75, 3.05) is 79.8 Å². The minimum absolute atomic E-state index is 0.0374. The van der Waals surface area contributed by atoms with E-state index in [2.05, 4.69) is 12.2 Å². The molecule has 0 amide bonds. The molecule has 3 aliphatic rings. The van der Waals surface area contributed by atoms with Gasteiger partial charge >= 0.3 is 5.97 Å². The molecular formula is C22H36O9. The third kappa shape index (κ3) is 8.76. The van der Waals surface area contributed by atoms with Crippen LogP contribution in [0, 0.1) is 17.8 Å². The van der Waals surface area contributed by atoms with E-state index >= 15 is 0 Å². The molecule has 2 fully saturated rings. The molecule has 31 heavy (non-hydrogen) atoms. The van der Waals surface area contributed by atoms with Gasteiger partial charge in [0, 0.05) is 7.11 Å². The maximum Gasteiger partial charge on any atom is 0.309 e. The summed E-state index contributed by atoms with van der Waals surface area (Å²) >= 11 is 0. The first-order valence-corrected chi connectivity index (χ1v) is 11.2. The predicted octanol–water partition coefficient (Wildman–Crippen LogP) is 1.20. The van der Waals surface area contributed by atoms with Crippen molar-refractivity contribution < 1.29 is 42.7 Å². The van der Waals surface area contributed by atoms with Gasteiger partial charge in [-0.2, -0.15) is 0 Å². The van der Waals surface area contributed by atoms with Crippen LogP contribution in [-0.4, -0.2) is 98.1 Å². The highest BCUT2D eigenvalue weighted by Gasteiger charge is 2.40. The Morgan fingerprint density at radius 2 is 1.58 bits per heavy atom. The van der Waals surface area contributed by atoms with E-state index in [1.54, 1.807) is 7.11 Å². The van der Waals surface area contributed by atoms with E-state index in [0.29, 0.717) is 77.9 Å². The molecule has 0 N–H and O–H groups in total. The third-order valence-corrected chi connectivity index (χ3v) is 5.60. The van der Waals surface area contributed by atoms with Gasteiger partial charge in [0.2, 0.25) is 0 Å². The molecule has 0 spiro atoms. The van der Waals surface area contributed by atoms with Crippen LogP contribution in [0.2, 0.25) is 0 Å². The molecule has 2 aliphatic carbocycles. The average Bonchev–Trinajstić information content (AvgIpc) is 3.52. The standard InChI is InChI=1S/C22H36O9/c1-24-4-5-25-7-9-28-16-21-30-15-19(31-21)14-27-8-6-26-10-11-29-22(23)20-13-17-2-3-18(20)12-17/h2-3,17-21H,4-16H2,1H3/t17-,18+,19?,20?,21?/m1/s1. The van der Waals surface area contributed by atoms with Gasteiger partial charge in [-0.05, 0) is 24.7 Å². The minimum Gasteiger partial charge on any atom is -0.463 e. The van der Waals surface area contributed by atoms with Crippen LogP contribution in [0.25, 0.3) is 0 Å². The topological polar surface area (TPSA) is 90.9 Å². The summed E-state index contributed by atoms with van der Waals surface area (Å²) in [6.07, 6.45) is 5.92. The van der Waals surface area contributed by atoms with Gasteiger partial charge < -0.3 is 37.9 Å². The number of carbonyl (C=O) groups is 1. The summed E-state index contributed by atoms with van der Waals surface area (Å²) in [5.74, 6) is 0.890. The van der Waals surface area contributed by atoms with Crippen molar-refractivity contribution in [1.82, 2.24) is 0 Å². The van der Waals surface area contributed by atoms with Gasteiger partial charge in [-0.1, -0.05) is 12.2 Å². The smallest absolute Gasteiger partial charge is 0.309 e. The van der Waals surface area contributed by atoms with Gasteiger partial charge in [0.05, 0.1) is 72.0 Å². The number of methoxy groups -OCH3 is 1. The van der Waals surface area contributed by atoms with Crippen molar-refractivity contribution in [3.63, 3.8) is 0 Å². The summed E-state index contributed by atoms with van der Waals surface area (Å²) in [5.41, 5.74) is 0. The average molecular weight is 445 g/mol. The fourth-order valence-corrected chi connectivity index (χ4v) is 4.02. The number of fused-ring (bicyclic) bond motifs is 2. The molecule has 9 heteroatoms. The maximum atomic E-state index is 12.1. The molecule has 0 radical (unpaired) electrons. The molecule has 0 aromatic carbocycles. The normalized spacial score (nSPS) is 29.1. The number of allylic oxidation sites excluding steroid dienone is 2. The zero-order valence-electron chi connectivity index (χ0n) is 18.4. The molecule has 1 saturated heterocycles. The van der Waals surface area contributed by atoms with Gasteiger partial charge in [-0.3, -0.25) is 4.79 Å². The van der Waals surface area contributed by atoms with Gasteiger partial charge in [0.15, 0.2) is 6.29 Å². The number of hydrogen-bond acceptors (Lipinski definition) is 9. The van der Waals surface area contributed by atoms with Gasteiger partial charge in [0.25, 0.3) is 0 Å². The zero-order valence-corrected chi connectivity index (χ0v) is 18.4. The fourth-order valence-electron chi connectivity index (χ4n) is 4.02. The van der Waals surface area contributed by atoms with Crippen molar-refractivity contribution in [3.05, 3.63) is 12.2 Å².